The molecule has 6 nitrogen and oxygen atoms in total. The molecular weight excluding hydrogens is 276 g/mol. The Morgan fingerprint density at radius 2 is 1.85 bits per heavy atom. The van der Waals surface area contributed by atoms with Crippen LogP contribution in [0.2, 0.25) is 0 Å². The number of nitrogens with one attached hydrogen (secondary N) is 2. The fourth-order valence-electron chi connectivity index (χ4n) is 2.81. The van der Waals surface area contributed by atoms with Gasteiger partial charge in [0.05, 0.1) is 17.5 Å². The van der Waals surface area contributed by atoms with Crippen molar-refractivity contribution in [3.8, 4) is 6.07 Å². The molecule has 7 heteroatoms. The lowest BCUT2D eigenvalue weighted by Gasteiger charge is -2.26. The summed E-state index contributed by atoms with van der Waals surface area (Å²) in [6, 6.07) is 2.19. The minimum atomic E-state index is -3.73. The molecule has 2 rings (SSSR count). The SMILES string of the molecule is Cc1n[nH]c(C)c1S(=O)(=O)NC1(C#N)CCCCCC1. The maximum atomic E-state index is 12.6. The summed E-state index contributed by atoms with van der Waals surface area (Å²) in [5.41, 5.74) is -0.0562. The Kier molecular flexibility index (Phi) is 4.16. The van der Waals surface area contributed by atoms with E-state index in [2.05, 4.69) is 21.0 Å². The van der Waals surface area contributed by atoms with Gasteiger partial charge < -0.3 is 0 Å². The van der Waals surface area contributed by atoms with Gasteiger partial charge in [0.15, 0.2) is 0 Å². The number of aromatic nitrogens is 2. The molecule has 1 aliphatic rings. The number of aryl methyl sites for hydroxylation is 2. The van der Waals surface area contributed by atoms with Crippen molar-refractivity contribution in [1.82, 2.24) is 14.9 Å². The summed E-state index contributed by atoms with van der Waals surface area (Å²) in [6.45, 7) is 3.31. The van der Waals surface area contributed by atoms with E-state index in [0.717, 1.165) is 25.7 Å². The Morgan fingerprint density at radius 3 is 2.30 bits per heavy atom. The van der Waals surface area contributed by atoms with Crippen LogP contribution in [0.15, 0.2) is 4.90 Å². The maximum Gasteiger partial charge on any atom is 0.245 e. The molecule has 1 fully saturated rings. The van der Waals surface area contributed by atoms with Crippen LogP contribution in [-0.2, 0) is 10.0 Å². The molecule has 1 aromatic heterocycles. The lowest BCUT2D eigenvalue weighted by Crippen LogP contribution is -2.47. The second-order valence-electron chi connectivity index (χ2n) is 5.48. The van der Waals surface area contributed by atoms with Gasteiger partial charge in [-0.1, -0.05) is 25.7 Å². The smallest absolute Gasteiger partial charge is 0.245 e. The third-order valence-corrected chi connectivity index (χ3v) is 5.63. The summed E-state index contributed by atoms with van der Waals surface area (Å²) in [6.07, 6.45) is 4.99. The van der Waals surface area contributed by atoms with Crippen molar-refractivity contribution >= 4 is 10.0 Å². The fraction of sp³-hybridized carbons (Fsp3) is 0.692. The number of hydrogen-bond acceptors (Lipinski definition) is 4. The van der Waals surface area contributed by atoms with Crippen LogP contribution in [0.4, 0.5) is 0 Å². The minimum Gasteiger partial charge on any atom is -0.281 e. The van der Waals surface area contributed by atoms with Gasteiger partial charge in [-0.3, -0.25) is 5.10 Å². The van der Waals surface area contributed by atoms with Gasteiger partial charge in [0.2, 0.25) is 10.0 Å². The first-order valence-corrected chi connectivity index (χ1v) is 8.35. The normalized spacial score (nSPS) is 19.2. The highest BCUT2D eigenvalue weighted by Gasteiger charge is 2.37. The van der Waals surface area contributed by atoms with Gasteiger partial charge in [0.1, 0.15) is 10.4 Å². The van der Waals surface area contributed by atoms with E-state index in [1.54, 1.807) is 13.8 Å². The van der Waals surface area contributed by atoms with Crippen LogP contribution in [0.1, 0.15) is 49.9 Å². The maximum absolute atomic E-state index is 12.6. The molecule has 0 atom stereocenters. The average Bonchev–Trinajstić information content (AvgIpc) is 2.61. The number of nitriles is 1. The summed E-state index contributed by atoms with van der Waals surface area (Å²) in [5.74, 6) is 0. The topological polar surface area (TPSA) is 98.6 Å². The van der Waals surface area contributed by atoms with Crippen molar-refractivity contribution in [2.75, 3.05) is 0 Å². The number of nitrogens with zero attached hydrogens (tertiary/aromatic N) is 2. The van der Waals surface area contributed by atoms with Crippen LogP contribution in [0.25, 0.3) is 0 Å². The Balaban J connectivity index is 2.34. The molecule has 1 saturated carbocycles. The van der Waals surface area contributed by atoms with E-state index in [-0.39, 0.29) is 4.90 Å². The van der Waals surface area contributed by atoms with Crippen LogP contribution >= 0.6 is 0 Å². The number of rotatable bonds is 3. The van der Waals surface area contributed by atoms with E-state index in [1.807, 2.05) is 0 Å². The second kappa shape index (κ2) is 5.54. The zero-order valence-corrected chi connectivity index (χ0v) is 12.7. The van der Waals surface area contributed by atoms with Gasteiger partial charge in [-0.25, -0.2) is 8.42 Å². The third kappa shape index (κ3) is 2.86. The Hall–Kier alpha value is -1.39. The first-order chi connectivity index (χ1) is 9.40. The van der Waals surface area contributed by atoms with Gasteiger partial charge in [0, 0.05) is 0 Å². The highest BCUT2D eigenvalue weighted by Crippen LogP contribution is 2.29. The molecule has 0 aliphatic heterocycles. The van der Waals surface area contributed by atoms with Crippen LogP contribution < -0.4 is 4.72 Å². The van der Waals surface area contributed by atoms with Crippen LogP contribution in [0, 0.1) is 25.2 Å². The molecule has 0 amide bonds. The molecule has 0 aromatic carbocycles. The standard InChI is InChI=1S/C13H20N4O2S/c1-10-12(11(2)16-15-10)20(18,19)17-13(9-14)7-5-3-4-6-8-13/h17H,3-8H2,1-2H3,(H,15,16). The van der Waals surface area contributed by atoms with Crippen molar-refractivity contribution in [3.63, 3.8) is 0 Å². The monoisotopic (exact) mass is 296 g/mol. The zero-order chi connectivity index (χ0) is 14.8. The molecule has 1 heterocycles. The summed E-state index contributed by atoms with van der Waals surface area (Å²) < 4.78 is 27.7. The van der Waals surface area contributed by atoms with Crippen molar-refractivity contribution in [2.24, 2.45) is 0 Å². The molecule has 110 valence electrons. The van der Waals surface area contributed by atoms with E-state index in [9.17, 15) is 13.7 Å². The molecule has 0 bridgehead atoms. The van der Waals surface area contributed by atoms with Crippen molar-refractivity contribution in [3.05, 3.63) is 11.4 Å². The lowest BCUT2D eigenvalue weighted by molar-refractivity contribution is 0.421. The first kappa shape index (κ1) is 15.0. The molecule has 0 radical (unpaired) electrons. The molecule has 1 aromatic rings. The van der Waals surface area contributed by atoms with Crippen molar-refractivity contribution in [2.45, 2.75) is 62.8 Å². The molecule has 0 unspecified atom stereocenters. The highest BCUT2D eigenvalue weighted by molar-refractivity contribution is 7.89. The second-order valence-corrected chi connectivity index (χ2v) is 7.10. The predicted molar refractivity (Wildman–Crippen MR) is 74.4 cm³/mol. The van der Waals surface area contributed by atoms with Gasteiger partial charge in [-0.05, 0) is 26.7 Å². The predicted octanol–water partition coefficient (Wildman–Crippen LogP) is 1.92. The van der Waals surface area contributed by atoms with Gasteiger partial charge in [0.25, 0.3) is 0 Å². The summed E-state index contributed by atoms with van der Waals surface area (Å²) >= 11 is 0. The molecule has 1 aliphatic carbocycles. The van der Waals surface area contributed by atoms with Gasteiger partial charge in [-0.2, -0.15) is 15.1 Å². The average molecular weight is 296 g/mol. The number of hydrogen-bond donors (Lipinski definition) is 2. The number of aromatic amines is 1. The lowest BCUT2D eigenvalue weighted by atomic mass is 9.94. The summed E-state index contributed by atoms with van der Waals surface area (Å²) in [4.78, 5) is 0.163. The van der Waals surface area contributed by atoms with Crippen LogP contribution in [0.3, 0.4) is 0 Å². The van der Waals surface area contributed by atoms with Gasteiger partial charge >= 0.3 is 0 Å². The van der Waals surface area contributed by atoms with E-state index < -0.39 is 15.6 Å². The van der Waals surface area contributed by atoms with E-state index in [0.29, 0.717) is 24.2 Å². The van der Waals surface area contributed by atoms with Crippen molar-refractivity contribution < 1.29 is 8.42 Å². The highest BCUT2D eigenvalue weighted by atomic mass is 32.2. The summed E-state index contributed by atoms with van der Waals surface area (Å²) in [7, 11) is -3.73. The quantitative estimate of drug-likeness (QED) is 0.832. The van der Waals surface area contributed by atoms with E-state index in [1.165, 1.54) is 0 Å². The Bertz CT molecular complexity index is 600. The largest absolute Gasteiger partial charge is 0.281 e. The van der Waals surface area contributed by atoms with E-state index in [4.69, 9.17) is 0 Å². The van der Waals surface area contributed by atoms with Gasteiger partial charge in [-0.15, -0.1) is 0 Å². The van der Waals surface area contributed by atoms with Crippen molar-refractivity contribution in [1.29, 1.82) is 5.26 Å². The number of H-pyrrole nitrogens is 1. The molecular formula is C13H20N4O2S. The molecule has 20 heavy (non-hydrogen) atoms. The summed E-state index contributed by atoms with van der Waals surface area (Å²) in [5, 5.41) is 16.1. The first-order valence-electron chi connectivity index (χ1n) is 6.87. The number of sulfonamides is 1. The third-order valence-electron chi connectivity index (χ3n) is 3.83. The zero-order valence-electron chi connectivity index (χ0n) is 11.9. The Labute approximate surface area is 119 Å². The molecule has 0 spiro atoms. The van der Waals surface area contributed by atoms with E-state index >= 15 is 0 Å². The van der Waals surface area contributed by atoms with Crippen LogP contribution in [0.5, 0.6) is 0 Å². The molecule has 0 saturated heterocycles. The fourth-order valence-corrected chi connectivity index (χ4v) is 4.56. The Morgan fingerprint density at radius 1 is 1.25 bits per heavy atom. The minimum absolute atomic E-state index is 0.163. The van der Waals surface area contributed by atoms with Crippen LogP contribution in [-0.4, -0.2) is 24.2 Å². The molecule has 2 N–H and O–H groups in total.